The number of aryl methyl sites for hydroxylation is 1. The van der Waals surface area contributed by atoms with Crippen LogP contribution in [0.3, 0.4) is 0 Å². The van der Waals surface area contributed by atoms with Crippen molar-refractivity contribution in [1.82, 2.24) is 20.3 Å². The molecule has 0 aliphatic heterocycles. The van der Waals surface area contributed by atoms with E-state index in [0.717, 1.165) is 11.1 Å². The molecule has 0 aliphatic carbocycles. The monoisotopic (exact) mass is 361 g/mol. The number of fused-ring (bicyclic) bond motifs is 1. The summed E-state index contributed by atoms with van der Waals surface area (Å²) in [5.41, 5.74) is 2.51. The summed E-state index contributed by atoms with van der Waals surface area (Å²) in [5.74, 6) is -2.59. The van der Waals surface area contributed by atoms with Crippen molar-refractivity contribution in [3.63, 3.8) is 0 Å². The van der Waals surface area contributed by atoms with Crippen molar-refractivity contribution in [2.24, 2.45) is 5.92 Å². The van der Waals surface area contributed by atoms with Crippen LogP contribution in [0.4, 0.5) is 0 Å². The van der Waals surface area contributed by atoms with Crippen LogP contribution >= 0.6 is 0 Å². The van der Waals surface area contributed by atoms with E-state index < -0.39 is 17.6 Å². The molecule has 1 aromatic heterocycles. The second-order valence-corrected chi connectivity index (χ2v) is 6.18. The summed E-state index contributed by atoms with van der Waals surface area (Å²) in [6.45, 7) is 4.41. The maximum atomic E-state index is 12.7. The third kappa shape index (κ3) is 3.70. The first-order chi connectivity index (χ1) is 13.0. The molecule has 7 nitrogen and oxygen atoms in total. The zero-order chi connectivity index (χ0) is 19.4. The van der Waals surface area contributed by atoms with Crippen LogP contribution < -0.4 is 5.32 Å². The number of aromatic nitrogens is 3. The summed E-state index contributed by atoms with van der Waals surface area (Å²) in [6.07, 6.45) is 0. The largest absolute Gasteiger partial charge is 0.348 e. The minimum atomic E-state index is -1.42. The summed E-state index contributed by atoms with van der Waals surface area (Å²) >= 11 is 0. The standard InChI is InChI=1S/C20H19N5O2/c1-3-25-18-10-9-15(11-17(18)23-24-25)19(26)16(12-21)20(27)22-13(2)14-7-5-4-6-8-14/h4-11,13,16H,3H2,1-2H3,(H,22,27)/t13-,16+/m1/s1. The Morgan fingerprint density at radius 1 is 1.22 bits per heavy atom. The predicted molar refractivity (Wildman–Crippen MR) is 99.6 cm³/mol. The minimum Gasteiger partial charge on any atom is -0.348 e. The molecular formula is C20H19N5O2. The van der Waals surface area contributed by atoms with Gasteiger partial charge in [-0.15, -0.1) is 5.10 Å². The maximum absolute atomic E-state index is 12.7. The molecule has 0 fully saturated rings. The number of benzene rings is 2. The summed E-state index contributed by atoms with van der Waals surface area (Å²) in [5, 5.41) is 20.2. The summed E-state index contributed by atoms with van der Waals surface area (Å²) < 4.78 is 1.71. The van der Waals surface area contributed by atoms with Crippen molar-refractivity contribution >= 4 is 22.7 Å². The molecule has 136 valence electrons. The lowest BCUT2D eigenvalue weighted by atomic mass is 9.97. The van der Waals surface area contributed by atoms with E-state index in [4.69, 9.17) is 0 Å². The Morgan fingerprint density at radius 2 is 1.96 bits per heavy atom. The Morgan fingerprint density at radius 3 is 2.63 bits per heavy atom. The summed E-state index contributed by atoms with van der Waals surface area (Å²) in [4.78, 5) is 25.2. The van der Waals surface area contributed by atoms with Gasteiger partial charge in [-0.05, 0) is 37.6 Å². The van der Waals surface area contributed by atoms with Gasteiger partial charge in [-0.3, -0.25) is 9.59 Å². The number of Topliss-reactive ketones (excluding diaryl/α,β-unsaturated/α-hetero) is 1. The number of nitriles is 1. The average molecular weight is 361 g/mol. The molecule has 1 N–H and O–H groups in total. The van der Waals surface area contributed by atoms with Gasteiger partial charge in [-0.25, -0.2) is 4.68 Å². The van der Waals surface area contributed by atoms with Gasteiger partial charge >= 0.3 is 0 Å². The molecule has 0 radical (unpaired) electrons. The Hall–Kier alpha value is -3.53. The van der Waals surface area contributed by atoms with Gasteiger partial charge in [-0.1, -0.05) is 35.5 Å². The number of hydrogen-bond acceptors (Lipinski definition) is 5. The first kappa shape index (κ1) is 18.3. The SMILES string of the molecule is CCn1nnc2cc(C(=O)[C@H](C#N)C(=O)N[C@H](C)c3ccccc3)ccc21. The van der Waals surface area contributed by atoms with Crippen molar-refractivity contribution in [3.05, 3.63) is 59.7 Å². The molecule has 0 spiro atoms. The number of nitrogens with zero attached hydrogens (tertiary/aromatic N) is 4. The van der Waals surface area contributed by atoms with Gasteiger partial charge in [0.2, 0.25) is 5.91 Å². The molecule has 0 saturated carbocycles. The van der Waals surface area contributed by atoms with Crippen LogP contribution in [-0.4, -0.2) is 26.7 Å². The van der Waals surface area contributed by atoms with Crippen LogP contribution in [0.1, 0.15) is 35.8 Å². The van der Waals surface area contributed by atoms with E-state index in [1.165, 1.54) is 0 Å². The number of rotatable bonds is 6. The fourth-order valence-corrected chi connectivity index (χ4v) is 2.88. The van der Waals surface area contributed by atoms with E-state index in [2.05, 4.69) is 15.6 Å². The van der Waals surface area contributed by atoms with Crippen molar-refractivity contribution < 1.29 is 9.59 Å². The number of carbonyl (C=O) groups is 2. The summed E-state index contributed by atoms with van der Waals surface area (Å²) in [6, 6.07) is 15.8. The number of nitrogens with one attached hydrogen (secondary N) is 1. The van der Waals surface area contributed by atoms with Crippen molar-refractivity contribution in [2.75, 3.05) is 0 Å². The van der Waals surface area contributed by atoms with Gasteiger partial charge < -0.3 is 5.32 Å². The van der Waals surface area contributed by atoms with Crippen LogP contribution in [0, 0.1) is 17.2 Å². The van der Waals surface area contributed by atoms with Gasteiger partial charge in [0.25, 0.3) is 0 Å². The van der Waals surface area contributed by atoms with E-state index in [1.54, 1.807) is 29.8 Å². The highest BCUT2D eigenvalue weighted by atomic mass is 16.2. The lowest BCUT2D eigenvalue weighted by Crippen LogP contribution is -2.36. The van der Waals surface area contributed by atoms with Crippen LogP contribution in [0.25, 0.3) is 11.0 Å². The van der Waals surface area contributed by atoms with Crippen molar-refractivity contribution in [3.8, 4) is 6.07 Å². The first-order valence-corrected chi connectivity index (χ1v) is 8.67. The lowest BCUT2D eigenvalue weighted by Gasteiger charge is -2.16. The molecule has 3 rings (SSSR count). The Bertz CT molecular complexity index is 1020. The fourth-order valence-electron chi connectivity index (χ4n) is 2.88. The zero-order valence-corrected chi connectivity index (χ0v) is 15.1. The van der Waals surface area contributed by atoms with Gasteiger partial charge in [0.05, 0.1) is 17.6 Å². The number of amides is 1. The predicted octanol–water partition coefficient (Wildman–Crippen LogP) is 2.65. The number of ketones is 1. The molecule has 0 unspecified atom stereocenters. The molecule has 2 atom stereocenters. The normalized spacial score (nSPS) is 12.9. The minimum absolute atomic E-state index is 0.264. The second-order valence-electron chi connectivity index (χ2n) is 6.18. The second kappa shape index (κ2) is 7.79. The van der Waals surface area contributed by atoms with Crippen molar-refractivity contribution in [2.45, 2.75) is 26.4 Å². The Balaban J connectivity index is 1.79. The van der Waals surface area contributed by atoms with Crippen LogP contribution in [-0.2, 0) is 11.3 Å². The molecule has 0 bridgehead atoms. The quantitative estimate of drug-likeness (QED) is 0.537. The topological polar surface area (TPSA) is 101 Å². The molecule has 7 heteroatoms. The van der Waals surface area contributed by atoms with E-state index >= 15 is 0 Å². The molecule has 0 saturated heterocycles. The van der Waals surface area contributed by atoms with Crippen LogP contribution in [0.2, 0.25) is 0 Å². The zero-order valence-electron chi connectivity index (χ0n) is 15.1. The molecule has 1 heterocycles. The first-order valence-electron chi connectivity index (χ1n) is 8.67. The van der Waals surface area contributed by atoms with E-state index in [0.29, 0.717) is 12.1 Å². The van der Waals surface area contributed by atoms with E-state index in [9.17, 15) is 14.9 Å². The molecule has 27 heavy (non-hydrogen) atoms. The Kier molecular flexibility index (Phi) is 5.27. The highest BCUT2D eigenvalue weighted by molar-refractivity contribution is 6.13. The van der Waals surface area contributed by atoms with Gasteiger partial charge in [-0.2, -0.15) is 5.26 Å². The number of carbonyl (C=O) groups excluding carboxylic acids is 2. The summed E-state index contributed by atoms with van der Waals surface area (Å²) in [7, 11) is 0. The lowest BCUT2D eigenvalue weighted by molar-refractivity contribution is -0.122. The van der Waals surface area contributed by atoms with Crippen molar-refractivity contribution in [1.29, 1.82) is 5.26 Å². The number of hydrogen-bond donors (Lipinski definition) is 1. The van der Waals surface area contributed by atoms with Gasteiger partial charge in [0.15, 0.2) is 11.7 Å². The van der Waals surface area contributed by atoms with Crippen LogP contribution in [0.5, 0.6) is 0 Å². The third-order valence-corrected chi connectivity index (χ3v) is 4.41. The van der Waals surface area contributed by atoms with E-state index in [1.807, 2.05) is 43.3 Å². The van der Waals surface area contributed by atoms with E-state index in [-0.39, 0.29) is 11.6 Å². The molecule has 3 aromatic rings. The van der Waals surface area contributed by atoms with Crippen LogP contribution in [0.15, 0.2) is 48.5 Å². The molecule has 2 aromatic carbocycles. The van der Waals surface area contributed by atoms with Gasteiger partial charge in [0, 0.05) is 12.1 Å². The third-order valence-electron chi connectivity index (χ3n) is 4.41. The average Bonchev–Trinajstić information content (AvgIpc) is 3.11. The molecular weight excluding hydrogens is 342 g/mol. The highest BCUT2D eigenvalue weighted by Crippen LogP contribution is 2.18. The molecule has 1 amide bonds. The maximum Gasteiger partial charge on any atom is 0.245 e. The molecule has 0 aliphatic rings. The highest BCUT2D eigenvalue weighted by Gasteiger charge is 2.29. The van der Waals surface area contributed by atoms with Gasteiger partial charge in [0.1, 0.15) is 5.52 Å². The fraction of sp³-hybridized carbons (Fsp3) is 0.250. The smallest absolute Gasteiger partial charge is 0.245 e. The Labute approximate surface area is 156 Å².